The molecule has 2 saturated heterocycles. The van der Waals surface area contributed by atoms with Gasteiger partial charge in [-0.2, -0.15) is 13.2 Å². The van der Waals surface area contributed by atoms with Crippen molar-refractivity contribution < 1.29 is 27.8 Å². The van der Waals surface area contributed by atoms with E-state index in [0.717, 1.165) is 22.5 Å². The summed E-state index contributed by atoms with van der Waals surface area (Å²) < 4.78 is 43.8. The minimum absolute atomic E-state index is 0.0911. The molecule has 2 aliphatic rings. The number of ether oxygens (including phenoxy) is 1. The van der Waals surface area contributed by atoms with Crippen molar-refractivity contribution in [3.05, 3.63) is 35.9 Å². The van der Waals surface area contributed by atoms with E-state index in [0.29, 0.717) is 50.8 Å². The molecule has 3 heterocycles. The lowest BCUT2D eigenvalue weighted by molar-refractivity contribution is -0.143. The Morgan fingerprint density at radius 1 is 1.18 bits per heavy atom. The minimum atomic E-state index is -4.23. The second-order valence-corrected chi connectivity index (χ2v) is 10.3. The molecule has 11 heteroatoms. The first-order chi connectivity index (χ1) is 18.0. The SMILES string of the molecule is Cc1ccc(NC(=O)N2CC[C@@H](CC(F)(F)F)C2)cc1-c1cc(NC(C)C(C)O)nc(N2CCOCC2)c1. The highest BCUT2D eigenvalue weighted by Crippen LogP contribution is 2.33. The molecule has 208 valence electrons. The summed E-state index contributed by atoms with van der Waals surface area (Å²) in [6, 6.07) is 8.86. The Labute approximate surface area is 221 Å². The number of aryl methyl sites for hydroxylation is 1. The molecule has 0 bridgehead atoms. The number of aromatic nitrogens is 1. The van der Waals surface area contributed by atoms with Gasteiger partial charge in [0.05, 0.1) is 25.4 Å². The smallest absolute Gasteiger partial charge is 0.389 e. The van der Waals surface area contributed by atoms with Gasteiger partial charge in [0, 0.05) is 38.3 Å². The molecule has 1 aromatic carbocycles. The lowest BCUT2D eigenvalue weighted by Gasteiger charge is -2.29. The molecule has 8 nitrogen and oxygen atoms in total. The highest BCUT2D eigenvalue weighted by Gasteiger charge is 2.36. The third-order valence-electron chi connectivity index (χ3n) is 7.14. The standard InChI is InChI=1S/C27H36F3N5O3/c1-17-4-5-22(32-26(37)35-7-6-20(16-35)15-27(28,29)30)14-23(17)21-12-24(31-18(2)19(3)36)33-25(13-21)34-8-10-38-11-9-34/h4-5,12-14,18-20,36H,6-11,15-16H2,1-3H3,(H,31,33)(H,32,37)/t18?,19?,20-/m0/s1. The Balaban J connectivity index is 1.56. The first-order valence-corrected chi connectivity index (χ1v) is 13.0. The number of anilines is 3. The van der Waals surface area contributed by atoms with Crippen molar-refractivity contribution in [2.24, 2.45) is 5.92 Å². The molecule has 0 saturated carbocycles. The highest BCUT2D eigenvalue weighted by molar-refractivity contribution is 5.91. The minimum Gasteiger partial charge on any atom is -0.391 e. The number of aliphatic hydroxyl groups excluding tert-OH is 1. The number of likely N-dealkylation sites (tertiary alicyclic amines) is 1. The van der Waals surface area contributed by atoms with Crippen molar-refractivity contribution in [3.63, 3.8) is 0 Å². The Morgan fingerprint density at radius 2 is 1.92 bits per heavy atom. The van der Waals surface area contributed by atoms with Gasteiger partial charge >= 0.3 is 12.2 Å². The summed E-state index contributed by atoms with van der Waals surface area (Å²) in [5, 5.41) is 16.1. The Hall–Kier alpha value is -3.05. The third-order valence-corrected chi connectivity index (χ3v) is 7.14. The van der Waals surface area contributed by atoms with Gasteiger partial charge in [-0.3, -0.25) is 0 Å². The summed E-state index contributed by atoms with van der Waals surface area (Å²) >= 11 is 0. The van der Waals surface area contributed by atoms with Crippen LogP contribution in [0.1, 0.15) is 32.3 Å². The quantitative estimate of drug-likeness (QED) is 0.468. The van der Waals surface area contributed by atoms with Gasteiger partial charge in [0.1, 0.15) is 11.6 Å². The van der Waals surface area contributed by atoms with E-state index >= 15 is 0 Å². The first-order valence-electron chi connectivity index (χ1n) is 13.0. The van der Waals surface area contributed by atoms with Crippen LogP contribution in [0.4, 0.5) is 35.3 Å². The van der Waals surface area contributed by atoms with Gasteiger partial charge in [-0.25, -0.2) is 9.78 Å². The second kappa shape index (κ2) is 11.8. The molecule has 38 heavy (non-hydrogen) atoms. The van der Waals surface area contributed by atoms with E-state index in [2.05, 4.69) is 15.5 Å². The van der Waals surface area contributed by atoms with Crippen LogP contribution in [0.3, 0.4) is 0 Å². The topological polar surface area (TPSA) is 90.0 Å². The van der Waals surface area contributed by atoms with Gasteiger partial charge in [-0.05, 0) is 74.1 Å². The molecule has 3 atom stereocenters. The number of urea groups is 1. The van der Waals surface area contributed by atoms with Crippen LogP contribution in [-0.4, -0.2) is 78.7 Å². The van der Waals surface area contributed by atoms with Crippen LogP contribution in [0.5, 0.6) is 0 Å². The zero-order valence-electron chi connectivity index (χ0n) is 22.0. The fourth-order valence-corrected chi connectivity index (χ4v) is 4.78. The number of amides is 2. The van der Waals surface area contributed by atoms with E-state index < -0.39 is 30.7 Å². The number of alkyl halides is 3. The van der Waals surface area contributed by atoms with Crippen molar-refractivity contribution >= 4 is 23.4 Å². The Morgan fingerprint density at radius 3 is 2.61 bits per heavy atom. The van der Waals surface area contributed by atoms with Gasteiger partial charge < -0.3 is 30.3 Å². The number of rotatable bonds is 7. The number of morpholine rings is 1. The average molecular weight is 536 g/mol. The van der Waals surface area contributed by atoms with Gasteiger partial charge in [0.25, 0.3) is 0 Å². The van der Waals surface area contributed by atoms with Crippen molar-refractivity contribution in [2.45, 2.75) is 51.9 Å². The number of halogens is 3. The zero-order valence-corrected chi connectivity index (χ0v) is 22.0. The number of nitrogens with one attached hydrogen (secondary N) is 2. The molecule has 0 aliphatic carbocycles. The normalized spacial score (nSPS) is 19.8. The van der Waals surface area contributed by atoms with Crippen LogP contribution >= 0.6 is 0 Å². The molecule has 1 aromatic heterocycles. The summed E-state index contributed by atoms with van der Waals surface area (Å²) in [7, 11) is 0. The van der Waals surface area contributed by atoms with Gasteiger partial charge in [0.2, 0.25) is 0 Å². The maximum Gasteiger partial charge on any atom is 0.389 e. The number of nitrogens with zero attached hydrogens (tertiary/aromatic N) is 3. The van der Waals surface area contributed by atoms with E-state index in [1.165, 1.54) is 4.90 Å². The van der Waals surface area contributed by atoms with Crippen LogP contribution in [0.15, 0.2) is 30.3 Å². The maximum atomic E-state index is 12.8. The molecule has 3 N–H and O–H groups in total. The predicted octanol–water partition coefficient (Wildman–Crippen LogP) is 4.88. The summed E-state index contributed by atoms with van der Waals surface area (Å²) in [5.74, 6) is 0.839. The molecule has 4 rings (SSSR count). The average Bonchev–Trinajstić information content (AvgIpc) is 3.32. The van der Waals surface area contributed by atoms with Crippen LogP contribution in [0, 0.1) is 12.8 Å². The van der Waals surface area contributed by atoms with E-state index in [1.54, 1.807) is 13.0 Å². The van der Waals surface area contributed by atoms with E-state index in [-0.39, 0.29) is 12.6 Å². The van der Waals surface area contributed by atoms with Gasteiger partial charge in [0.15, 0.2) is 0 Å². The number of hydrogen-bond donors (Lipinski definition) is 3. The van der Waals surface area contributed by atoms with Crippen LogP contribution in [-0.2, 0) is 4.74 Å². The molecule has 0 spiro atoms. The highest BCUT2D eigenvalue weighted by atomic mass is 19.4. The van der Waals surface area contributed by atoms with Crippen molar-refractivity contribution in [1.82, 2.24) is 9.88 Å². The number of benzene rings is 1. The summed E-state index contributed by atoms with van der Waals surface area (Å²) in [6.07, 6.45) is -5.33. The lowest BCUT2D eigenvalue weighted by atomic mass is 10.00. The van der Waals surface area contributed by atoms with Crippen LogP contribution < -0.4 is 15.5 Å². The summed E-state index contributed by atoms with van der Waals surface area (Å²) in [5.41, 5.74) is 3.33. The maximum absolute atomic E-state index is 12.8. The van der Waals surface area contributed by atoms with E-state index in [9.17, 15) is 23.1 Å². The lowest BCUT2D eigenvalue weighted by Crippen LogP contribution is -2.37. The van der Waals surface area contributed by atoms with Crippen molar-refractivity contribution in [2.75, 3.05) is 54.9 Å². The monoisotopic (exact) mass is 535 g/mol. The molecule has 2 unspecified atom stereocenters. The predicted molar refractivity (Wildman–Crippen MR) is 142 cm³/mol. The number of hydrogen-bond acceptors (Lipinski definition) is 6. The molecule has 2 fully saturated rings. The first kappa shape index (κ1) is 28.0. The zero-order chi connectivity index (χ0) is 27.4. The molecular formula is C27H36F3N5O3. The third kappa shape index (κ3) is 7.28. The van der Waals surface area contributed by atoms with Crippen molar-refractivity contribution in [3.8, 4) is 11.1 Å². The van der Waals surface area contributed by atoms with Crippen LogP contribution in [0.25, 0.3) is 11.1 Å². The largest absolute Gasteiger partial charge is 0.391 e. The van der Waals surface area contributed by atoms with E-state index in [4.69, 9.17) is 9.72 Å². The Kier molecular flexibility index (Phi) is 8.67. The van der Waals surface area contributed by atoms with Gasteiger partial charge in [-0.1, -0.05) is 6.07 Å². The fourth-order valence-electron chi connectivity index (χ4n) is 4.78. The molecule has 2 amide bonds. The number of carbonyl (C=O) groups is 1. The van der Waals surface area contributed by atoms with Crippen LogP contribution in [0.2, 0.25) is 0 Å². The molecular weight excluding hydrogens is 499 g/mol. The molecule has 0 radical (unpaired) electrons. The van der Waals surface area contributed by atoms with E-state index in [1.807, 2.05) is 38.1 Å². The van der Waals surface area contributed by atoms with Gasteiger partial charge in [-0.15, -0.1) is 0 Å². The Bertz CT molecular complexity index is 1120. The molecule has 2 aliphatic heterocycles. The fraction of sp³-hybridized carbons (Fsp3) is 0.556. The number of carbonyl (C=O) groups excluding carboxylic acids is 1. The van der Waals surface area contributed by atoms with Crippen molar-refractivity contribution in [1.29, 1.82) is 0 Å². The number of pyridine rings is 1. The summed E-state index contributed by atoms with van der Waals surface area (Å²) in [4.78, 5) is 21.2. The second-order valence-electron chi connectivity index (χ2n) is 10.3. The number of aliphatic hydroxyl groups is 1. The summed E-state index contributed by atoms with van der Waals surface area (Å²) in [6.45, 7) is 8.61. The molecule has 2 aromatic rings.